The van der Waals surface area contributed by atoms with Crippen LogP contribution in [0.4, 0.5) is 13.2 Å². The van der Waals surface area contributed by atoms with Crippen molar-refractivity contribution in [1.82, 2.24) is 20.2 Å². The molecule has 14 heteroatoms. The lowest BCUT2D eigenvalue weighted by Gasteiger charge is -2.20. The number of Topliss-reactive ketones (excluding diaryl/α,β-unsaturated/α-hetero) is 2. The summed E-state index contributed by atoms with van der Waals surface area (Å²) in [7, 11) is 0. The van der Waals surface area contributed by atoms with Gasteiger partial charge in [-0.15, -0.1) is 0 Å². The molecule has 6 N–H and O–H groups in total. The van der Waals surface area contributed by atoms with E-state index in [1.165, 1.54) is 35.3 Å². The smallest absolute Gasteiger partial charge is 0.346 e. The Bertz CT molecular complexity index is 1280. The van der Waals surface area contributed by atoms with E-state index in [1.807, 2.05) is 0 Å². The molecular weight excluding hydrogens is 593 g/mol. The maximum Gasteiger partial charge on any atom is 0.452 e. The van der Waals surface area contributed by atoms with Gasteiger partial charge in [-0.05, 0) is 76.6 Å². The highest BCUT2D eigenvalue weighted by Crippen LogP contribution is 2.25. The Labute approximate surface area is 260 Å². The molecule has 1 aliphatic carbocycles. The van der Waals surface area contributed by atoms with Gasteiger partial charge in [-0.25, -0.2) is 4.98 Å². The third-order valence-electron chi connectivity index (χ3n) is 7.38. The highest BCUT2D eigenvalue weighted by atomic mass is 19.4. The van der Waals surface area contributed by atoms with Crippen LogP contribution < -0.4 is 27.7 Å². The Balaban J connectivity index is 0.000000317. The lowest BCUT2D eigenvalue weighted by molar-refractivity contribution is -0.173. The number of benzene rings is 1. The van der Waals surface area contributed by atoms with E-state index in [2.05, 4.69) is 15.6 Å². The normalized spacial score (nSPS) is 14.5. The Hall–Kier alpha value is -3.91. The SMILES string of the molecule is NCCCCC(NC(=O)C1CCCC1)C(=O)Cn1cnccc1=O.NCCCCC(NC(=O)c1ccccc1)C(=O)C(F)(F)F. The topological polar surface area (TPSA) is 179 Å². The summed E-state index contributed by atoms with van der Waals surface area (Å²) in [5.74, 6) is -2.85. The number of carbonyl (C=O) groups is 4. The van der Waals surface area contributed by atoms with E-state index < -0.39 is 30.0 Å². The highest BCUT2D eigenvalue weighted by Gasteiger charge is 2.43. The maximum atomic E-state index is 12.6. The van der Waals surface area contributed by atoms with Crippen molar-refractivity contribution in [3.63, 3.8) is 0 Å². The van der Waals surface area contributed by atoms with Gasteiger partial charge in [0.2, 0.25) is 5.91 Å². The Morgan fingerprint density at radius 2 is 1.49 bits per heavy atom. The van der Waals surface area contributed by atoms with Gasteiger partial charge in [0, 0.05) is 23.7 Å². The molecule has 0 bridgehead atoms. The number of amides is 2. The van der Waals surface area contributed by atoms with Gasteiger partial charge in [-0.3, -0.25) is 28.5 Å². The fourth-order valence-corrected chi connectivity index (χ4v) is 4.85. The number of alkyl halides is 3. The molecular formula is C31H43F3N6O5. The van der Waals surface area contributed by atoms with E-state index in [-0.39, 0.29) is 41.7 Å². The molecule has 0 spiro atoms. The second-order valence-electron chi connectivity index (χ2n) is 10.9. The largest absolute Gasteiger partial charge is 0.452 e. The highest BCUT2D eigenvalue weighted by molar-refractivity contribution is 5.99. The zero-order chi connectivity index (χ0) is 33.2. The van der Waals surface area contributed by atoms with Gasteiger partial charge in [-0.2, -0.15) is 13.2 Å². The van der Waals surface area contributed by atoms with Crippen molar-refractivity contribution < 1.29 is 32.3 Å². The van der Waals surface area contributed by atoms with Crippen LogP contribution >= 0.6 is 0 Å². The van der Waals surface area contributed by atoms with Crippen molar-refractivity contribution >= 4 is 23.4 Å². The molecule has 2 unspecified atom stereocenters. The molecule has 248 valence electrons. The number of aromatic nitrogens is 2. The molecule has 1 heterocycles. The van der Waals surface area contributed by atoms with Crippen LogP contribution in [0.25, 0.3) is 0 Å². The van der Waals surface area contributed by atoms with Crippen LogP contribution in [0, 0.1) is 5.92 Å². The summed E-state index contributed by atoms with van der Waals surface area (Å²) < 4.78 is 38.9. The molecule has 2 atom stereocenters. The number of hydrogen-bond donors (Lipinski definition) is 4. The van der Waals surface area contributed by atoms with Crippen LogP contribution in [-0.2, 0) is 20.9 Å². The van der Waals surface area contributed by atoms with Crippen LogP contribution in [0.2, 0.25) is 0 Å². The Morgan fingerprint density at radius 3 is 2.04 bits per heavy atom. The van der Waals surface area contributed by atoms with Gasteiger partial charge in [-0.1, -0.05) is 31.0 Å². The second kappa shape index (κ2) is 19.5. The van der Waals surface area contributed by atoms with Crippen molar-refractivity contribution in [2.45, 2.75) is 89.0 Å². The molecule has 45 heavy (non-hydrogen) atoms. The molecule has 2 amide bonds. The molecule has 1 fully saturated rings. The fourth-order valence-electron chi connectivity index (χ4n) is 4.85. The zero-order valence-electron chi connectivity index (χ0n) is 25.3. The average molecular weight is 637 g/mol. The summed E-state index contributed by atoms with van der Waals surface area (Å²) in [5.41, 5.74) is 10.7. The predicted molar refractivity (Wildman–Crippen MR) is 162 cm³/mol. The van der Waals surface area contributed by atoms with E-state index >= 15 is 0 Å². The van der Waals surface area contributed by atoms with Gasteiger partial charge in [0.15, 0.2) is 5.78 Å². The van der Waals surface area contributed by atoms with Gasteiger partial charge in [0.1, 0.15) is 0 Å². The van der Waals surface area contributed by atoms with Gasteiger partial charge in [0.05, 0.1) is 25.0 Å². The first-order valence-corrected chi connectivity index (χ1v) is 15.2. The number of ketones is 2. The molecule has 1 aliphatic rings. The van der Waals surface area contributed by atoms with E-state index in [0.717, 1.165) is 38.5 Å². The van der Waals surface area contributed by atoms with Crippen LogP contribution in [0.5, 0.6) is 0 Å². The number of nitrogens with zero attached hydrogens (tertiary/aromatic N) is 2. The fraction of sp³-hybridized carbons (Fsp3) is 0.548. The number of rotatable bonds is 16. The predicted octanol–water partition coefficient (Wildman–Crippen LogP) is 2.66. The Kier molecular flexibility index (Phi) is 16.1. The summed E-state index contributed by atoms with van der Waals surface area (Å²) in [4.78, 5) is 63.7. The average Bonchev–Trinajstić information content (AvgIpc) is 3.57. The van der Waals surface area contributed by atoms with Crippen molar-refractivity contribution in [2.75, 3.05) is 13.1 Å². The lowest BCUT2D eigenvalue weighted by atomic mass is 10.0. The van der Waals surface area contributed by atoms with E-state index in [0.29, 0.717) is 32.4 Å². The van der Waals surface area contributed by atoms with Crippen LogP contribution in [0.3, 0.4) is 0 Å². The minimum Gasteiger partial charge on any atom is -0.346 e. The molecule has 2 aromatic rings. The molecule has 1 saturated carbocycles. The zero-order valence-corrected chi connectivity index (χ0v) is 25.3. The minimum absolute atomic E-state index is 0.0101. The van der Waals surface area contributed by atoms with Crippen molar-refractivity contribution in [3.05, 3.63) is 64.8 Å². The minimum atomic E-state index is -4.97. The maximum absolute atomic E-state index is 12.6. The van der Waals surface area contributed by atoms with Gasteiger partial charge < -0.3 is 22.1 Å². The van der Waals surface area contributed by atoms with Crippen LogP contribution in [0.1, 0.15) is 74.6 Å². The first-order chi connectivity index (χ1) is 21.5. The second-order valence-corrected chi connectivity index (χ2v) is 10.9. The number of nitrogens with two attached hydrogens (primary N) is 2. The molecule has 1 aromatic heterocycles. The van der Waals surface area contributed by atoms with Crippen LogP contribution in [0.15, 0.2) is 53.7 Å². The molecule has 3 rings (SSSR count). The van der Waals surface area contributed by atoms with Crippen molar-refractivity contribution in [1.29, 1.82) is 0 Å². The molecule has 11 nitrogen and oxygen atoms in total. The molecule has 0 aliphatic heterocycles. The van der Waals surface area contributed by atoms with Crippen LogP contribution in [-0.4, -0.2) is 64.3 Å². The quantitative estimate of drug-likeness (QED) is 0.203. The number of nitrogens with one attached hydrogen (secondary N) is 2. The third kappa shape index (κ3) is 13.3. The van der Waals surface area contributed by atoms with E-state index in [4.69, 9.17) is 11.5 Å². The van der Waals surface area contributed by atoms with E-state index in [1.54, 1.807) is 18.2 Å². The number of unbranched alkanes of at least 4 members (excludes halogenated alkanes) is 2. The standard InChI is InChI=1S/C17H26N4O3.C14H17F3N2O2/c18-9-4-3-7-14(20-17(24)13-5-1-2-6-13)15(22)11-21-12-19-10-8-16(21)23;15-14(16,17)12(20)11(8-4-5-9-18)19-13(21)10-6-2-1-3-7-10/h8,10,12-14H,1-7,9,11,18H2,(H,20,24);1-3,6-7,11H,4-5,8-9,18H2,(H,19,21). The number of hydrogen-bond acceptors (Lipinski definition) is 8. The van der Waals surface area contributed by atoms with Gasteiger partial charge in [0.25, 0.3) is 17.2 Å². The summed E-state index contributed by atoms with van der Waals surface area (Å²) in [6, 6.07) is 6.94. The lowest BCUT2D eigenvalue weighted by Crippen LogP contribution is -2.46. The van der Waals surface area contributed by atoms with Crippen molar-refractivity contribution in [2.24, 2.45) is 17.4 Å². The number of carbonyl (C=O) groups excluding carboxylic acids is 4. The molecule has 0 saturated heterocycles. The Morgan fingerprint density at radius 1 is 0.889 bits per heavy atom. The monoisotopic (exact) mass is 636 g/mol. The first kappa shape index (κ1) is 37.3. The summed E-state index contributed by atoms with van der Waals surface area (Å²) >= 11 is 0. The third-order valence-corrected chi connectivity index (χ3v) is 7.38. The summed E-state index contributed by atoms with van der Waals surface area (Å²) in [6.45, 7) is 0.796. The molecule has 0 radical (unpaired) electrons. The summed E-state index contributed by atoms with van der Waals surface area (Å²) in [5, 5.41) is 5.04. The van der Waals surface area contributed by atoms with Gasteiger partial charge >= 0.3 is 6.18 Å². The van der Waals surface area contributed by atoms with E-state index in [9.17, 15) is 37.1 Å². The van der Waals surface area contributed by atoms with Crippen molar-refractivity contribution in [3.8, 4) is 0 Å². The number of halogens is 3. The molecule has 1 aromatic carbocycles. The summed E-state index contributed by atoms with van der Waals surface area (Å²) in [6.07, 6.45) is 4.50. The first-order valence-electron chi connectivity index (χ1n) is 15.2.